The van der Waals surface area contributed by atoms with Crippen LogP contribution in [0.5, 0.6) is 0 Å². The van der Waals surface area contributed by atoms with Crippen molar-refractivity contribution < 1.29 is 4.74 Å². The van der Waals surface area contributed by atoms with Crippen molar-refractivity contribution in [3.05, 3.63) is 29.0 Å². The molecule has 5 heteroatoms. The third-order valence-corrected chi connectivity index (χ3v) is 4.40. The van der Waals surface area contributed by atoms with Gasteiger partial charge in [0.1, 0.15) is 5.82 Å². The fourth-order valence-electron chi connectivity index (χ4n) is 2.92. The van der Waals surface area contributed by atoms with E-state index in [9.17, 15) is 0 Å². The fourth-order valence-corrected chi connectivity index (χ4v) is 3.36. The van der Waals surface area contributed by atoms with Crippen LogP contribution in [0.4, 0.5) is 0 Å². The highest BCUT2D eigenvalue weighted by atomic mass is 35.5. The maximum Gasteiger partial charge on any atom is 0.127 e. The van der Waals surface area contributed by atoms with Crippen LogP contribution < -0.4 is 0 Å². The Morgan fingerprint density at radius 3 is 2.95 bits per heavy atom. The molecule has 108 valence electrons. The average molecular weight is 313 g/mol. The molecule has 2 unspecified atom stereocenters. The number of halogens is 2. The molecule has 2 heterocycles. The SMILES string of the molecule is CC(Cl)c1nc2cccc(Cl)c2n1CC1(C)CCCO1. The molecule has 0 aliphatic carbocycles. The van der Waals surface area contributed by atoms with Gasteiger partial charge in [-0.1, -0.05) is 17.7 Å². The van der Waals surface area contributed by atoms with Gasteiger partial charge < -0.3 is 9.30 Å². The molecule has 0 saturated carbocycles. The van der Waals surface area contributed by atoms with Gasteiger partial charge in [0.05, 0.1) is 33.6 Å². The summed E-state index contributed by atoms with van der Waals surface area (Å²) >= 11 is 12.7. The number of aromatic nitrogens is 2. The van der Waals surface area contributed by atoms with E-state index in [1.165, 1.54) is 0 Å². The summed E-state index contributed by atoms with van der Waals surface area (Å²) < 4.78 is 8.03. The van der Waals surface area contributed by atoms with Crippen molar-refractivity contribution in [2.45, 2.75) is 44.2 Å². The van der Waals surface area contributed by atoms with E-state index in [4.69, 9.17) is 27.9 Å². The first-order chi connectivity index (χ1) is 9.50. The standard InChI is InChI=1S/C15H18Cl2N2O/c1-10(16)14-18-12-6-3-5-11(17)13(12)19(14)9-15(2)7-4-8-20-15/h3,5-6,10H,4,7-9H2,1-2H3. The maximum atomic E-state index is 6.37. The number of ether oxygens (including phenoxy) is 1. The van der Waals surface area contributed by atoms with Gasteiger partial charge >= 0.3 is 0 Å². The van der Waals surface area contributed by atoms with E-state index in [1.54, 1.807) is 0 Å². The molecule has 1 fully saturated rings. The molecule has 0 radical (unpaired) electrons. The van der Waals surface area contributed by atoms with Crippen LogP contribution in [0.15, 0.2) is 18.2 Å². The lowest BCUT2D eigenvalue weighted by molar-refractivity contribution is 0.00650. The summed E-state index contributed by atoms with van der Waals surface area (Å²) in [6, 6.07) is 5.78. The quantitative estimate of drug-likeness (QED) is 0.777. The minimum atomic E-state index is -0.163. The molecule has 1 aliphatic heterocycles. The van der Waals surface area contributed by atoms with Crippen molar-refractivity contribution >= 4 is 34.2 Å². The Morgan fingerprint density at radius 1 is 1.50 bits per heavy atom. The van der Waals surface area contributed by atoms with Crippen LogP contribution in [0.1, 0.15) is 37.9 Å². The van der Waals surface area contributed by atoms with Gasteiger partial charge in [-0.15, -0.1) is 11.6 Å². The molecule has 1 aromatic carbocycles. The summed E-state index contributed by atoms with van der Waals surface area (Å²) in [5, 5.41) is 0.545. The van der Waals surface area contributed by atoms with E-state index >= 15 is 0 Å². The Morgan fingerprint density at radius 2 is 2.30 bits per heavy atom. The van der Waals surface area contributed by atoms with E-state index in [1.807, 2.05) is 25.1 Å². The van der Waals surface area contributed by atoms with Crippen molar-refractivity contribution in [1.29, 1.82) is 0 Å². The number of alkyl halides is 1. The molecule has 0 bridgehead atoms. The number of imidazole rings is 1. The van der Waals surface area contributed by atoms with Crippen LogP contribution in [-0.4, -0.2) is 21.8 Å². The molecule has 2 atom stereocenters. The van der Waals surface area contributed by atoms with Crippen LogP contribution in [0.3, 0.4) is 0 Å². The van der Waals surface area contributed by atoms with Crippen LogP contribution in [0.2, 0.25) is 5.02 Å². The molecule has 0 N–H and O–H groups in total. The second-order valence-electron chi connectivity index (χ2n) is 5.68. The number of benzene rings is 1. The molecule has 0 amide bonds. The van der Waals surface area contributed by atoms with Gasteiger partial charge in [-0.05, 0) is 38.8 Å². The van der Waals surface area contributed by atoms with E-state index in [0.717, 1.165) is 42.9 Å². The molecule has 1 saturated heterocycles. The first kappa shape index (κ1) is 14.2. The normalized spacial score (nSPS) is 24.4. The van der Waals surface area contributed by atoms with Crippen molar-refractivity contribution in [1.82, 2.24) is 9.55 Å². The zero-order chi connectivity index (χ0) is 14.3. The van der Waals surface area contributed by atoms with Crippen molar-refractivity contribution in [2.24, 2.45) is 0 Å². The van der Waals surface area contributed by atoms with Gasteiger partial charge in [-0.25, -0.2) is 4.98 Å². The lowest BCUT2D eigenvalue weighted by atomic mass is 10.0. The summed E-state index contributed by atoms with van der Waals surface area (Å²) in [7, 11) is 0. The van der Waals surface area contributed by atoms with Gasteiger partial charge in [0, 0.05) is 6.61 Å². The van der Waals surface area contributed by atoms with E-state index < -0.39 is 0 Å². The van der Waals surface area contributed by atoms with Gasteiger partial charge in [-0.2, -0.15) is 0 Å². The predicted molar refractivity (Wildman–Crippen MR) is 82.6 cm³/mol. The molecule has 3 nitrogen and oxygen atoms in total. The summed E-state index contributed by atoms with van der Waals surface area (Å²) in [6.45, 7) is 5.64. The topological polar surface area (TPSA) is 27.1 Å². The lowest BCUT2D eigenvalue weighted by Crippen LogP contribution is -2.30. The zero-order valence-corrected chi connectivity index (χ0v) is 13.2. The highest BCUT2D eigenvalue weighted by Gasteiger charge is 2.32. The summed E-state index contributed by atoms with van der Waals surface area (Å²) in [5.41, 5.74) is 1.68. The first-order valence-corrected chi connectivity index (χ1v) is 7.74. The predicted octanol–water partition coefficient (Wildman–Crippen LogP) is 4.56. The van der Waals surface area contributed by atoms with Crippen LogP contribution >= 0.6 is 23.2 Å². The second kappa shape index (κ2) is 5.21. The Hall–Kier alpha value is -0.770. The van der Waals surface area contributed by atoms with Crippen LogP contribution in [0, 0.1) is 0 Å². The summed E-state index contributed by atoms with van der Waals surface area (Å²) in [4.78, 5) is 4.64. The third kappa shape index (κ3) is 2.43. The van der Waals surface area contributed by atoms with Gasteiger partial charge in [0.25, 0.3) is 0 Å². The summed E-state index contributed by atoms with van der Waals surface area (Å²) in [5.74, 6) is 0.853. The van der Waals surface area contributed by atoms with Crippen molar-refractivity contribution in [3.63, 3.8) is 0 Å². The van der Waals surface area contributed by atoms with Gasteiger partial charge in [0.2, 0.25) is 0 Å². The largest absolute Gasteiger partial charge is 0.373 e. The molecule has 1 aromatic heterocycles. The highest BCUT2D eigenvalue weighted by Crippen LogP contribution is 2.34. The molecule has 1 aliphatic rings. The molecule has 20 heavy (non-hydrogen) atoms. The Labute approximate surface area is 128 Å². The van der Waals surface area contributed by atoms with Gasteiger partial charge in [-0.3, -0.25) is 0 Å². The number of nitrogens with zero attached hydrogens (tertiary/aromatic N) is 2. The zero-order valence-electron chi connectivity index (χ0n) is 11.7. The number of fused-ring (bicyclic) bond motifs is 1. The fraction of sp³-hybridized carbons (Fsp3) is 0.533. The van der Waals surface area contributed by atoms with Crippen LogP contribution in [-0.2, 0) is 11.3 Å². The van der Waals surface area contributed by atoms with E-state index in [-0.39, 0.29) is 11.0 Å². The van der Waals surface area contributed by atoms with E-state index in [2.05, 4.69) is 16.5 Å². The monoisotopic (exact) mass is 312 g/mol. The number of rotatable bonds is 3. The minimum Gasteiger partial charge on any atom is -0.373 e. The smallest absolute Gasteiger partial charge is 0.127 e. The molecule has 3 rings (SSSR count). The third-order valence-electron chi connectivity index (χ3n) is 3.90. The second-order valence-corrected chi connectivity index (χ2v) is 6.74. The Bertz CT molecular complexity index is 630. The average Bonchev–Trinajstić information content (AvgIpc) is 2.95. The Balaban J connectivity index is 2.13. The number of hydrogen-bond acceptors (Lipinski definition) is 2. The van der Waals surface area contributed by atoms with Crippen molar-refractivity contribution in [2.75, 3.05) is 6.61 Å². The molecular formula is C15H18Cl2N2O. The minimum absolute atomic E-state index is 0.159. The van der Waals surface area contributed by atoms with Crippen LogP contribution in [0.25, 0.3) is 11.0 Å². The first-order valence-electron chi connectivity index (χ1n) is 6.93. The Kier molecular flexibility index (Phi) is 3.69. The highest BCUT2D eigenvalue weighted by molar-refractivity contribution is 6.35. The summed E-state index contributed by atoms with van der Waals surface area (Å²) in [6.07, 6.45) is 2.15. The molecule has 0 spiro atoms. The molecular weight excluding hydrogens is 295 g/mol. The maximum absolute atomic E-state index is 6.37. The van der Waals surface area contributed by atoms with Gasteiger partial charge in [0.15, 0.2) is 0 Å². The molecule has 2 aromatic rings. The van der Waals surface area contributed by atoms with Crippen molar-refractivity contribution in [3.8, 4) is 0 Å². The number of para-hydroxylation sites is 1. The lowest BCUT2D eigenvalue weighted by Gasteiger charge is -2.25. The van der Waals surface area contributed by atoms with E-state index in [0.29, 0.717) is 5.02 Å². The number of hydrogen-bond donors (Lipinski definition) is 0.